The molecule has 1 aromatic rings. The number of benzene rings is 1. The molecule has 2 fully saturated rings. The Hall–Kier alpha value is -1.66. The van der Waals surface area contributed by atoms with Gasteiger partial charge in [0.2, 0.25) is 5.91 Å². The van der Waals surface area contributed by atoms with E-state index >= 15 is 0 Å². The summed E-state index contributed by atoms with van der Waals surface area (Å²) in [4.78, 5) is 14.4. The summed E-state index contributed by atoms with van der Waals surface area (Å²) in [6.07, 6.45) is 6.32. The fraction of sp³-hybridized carbons (Fsp3) is 0.667. The molecule has 6 nitrogen and oxygen atoms in total. The molecule has 2 saturated heterocycles. The number of nitrogens with one attached hydrogen (secondary N) is 1. The monoisotopic (exact) mass is 412 g/mol. The normalized spacial score (nSPS) is 22.9. The predicted molar refractivity (Wildman–Crippen MR) is 112 cm³/mol. The van der Waals surface area contributed by atoms with Crippen LogP contribution in [0, 0.1) is 5.92 Å². The van der Waals surface area contributed by atoms with Crippen LogP contribution in [0.3, 0.4) is 0 Å². The molecule has 0 spiro atoms. The fourth-order valence-electron chi connectivity index (χ4n) is 4.23. The van der Waals surface area contributed by atoms with Gasteiger partial charge in [0.25, 0.3) is 0 Å². The van der Waals surface area contributed by atoms with Gasteiger partial charge in [0.1, 0.15) is 17.2 Å². The van der Waals surface area contributed by atoms with Crippen LogP contribution in [0.4, 0.5) is 0 Å². The molecule has 0 aliphatic carbocycles. The van der Waals surface area contributed by atoms with Crippen molar-refractivity contribution in [1.29, 1.82) is 0 Å². The fourth-order valence-corrected chi connectivity index (χ4v) is 4.23. The van der Waals surface area contributed by atoms with E-state index in [1.165, 1.54) is 12.8 Å². The summed E-state index contributed by atoms with van der Waals surface area (Å²) < 4.78 is 16.3. The zero-order valence-corrected chi connectivity index (χ0v) is 17.9. The number of piperidine rings is 1. The highest BCUT2D eigenvalue weighted by Gasteiger charge is 2.34. The van der Waals surface area contributed by atoms with E-state index in [9.17, 15) is 4.79 Å². The second-order valence-electron chi connectivity index (χ2n) is 7.75. The van der Waals surface area contributed by atoms with E-state index in [0.717, 1.165) is 19.3 Å². The molecule has 158 valence electrons. The number of nitrogens with zero attached hydrogens (tertiary/aromatic N) is 1. The van der Waals surface area contributed by atoms with Crippen molar-refractivity contribution < 1.29 is 19.0 Å². The van der Waals surface area contributed by atoms with Gasteiger partial charge < -0.3 is 24.4 Å². The summed E-state index contributed by atoms with van der Waals surface area (Å²) >= 11 is 0. The number of amides is 1. The second-order valence-corrected chi connectivity index (χ2v) is 7.75. The van der Waals surface area contributed by atoms with Gasteiger partial charge >= 0.3 is 0 Å². The van der Waals surface area contributed by atoms with Gasteiger partial charge in [0.15, 0.2) is 0 Å². The molecule has 2 aliphatic heterocycles. The summed E-state index contributed by atoms with van der Waals surface area (Å²) in [6, 6.07) is 6.76. The summed E-state index contributed by atoms with van der Waals surface area (Å²) in [6.45, 7) is 1.25. The number of carbonyl (C=O) groups is 1. The van der Waals surface area contributed by atoms with Crippen LogP contribution < -0.4 is 19.5 Å². The molecule has 2 atom stereocenters. The highest BCUT2D eigenvalue weighted by molar-refractivity contribution is 5.85. The number of carbonyl (C=O) groups excluding carboxylic acids is 1. The van der Waals surface area contributed by atoms with Crippen LogP contribution in [-0.4, -0.2) is 57.3 Å². The van der Waals surface area contributed by atoms with Gasteiger partial charge in [-0.3, -0.25) is 4.79 Å². The van der Waals surface area contributed by atoms with Crippen molar-refractivity contribution in [2.45, 2.75) is 50.6 Å². The molecule has 1 amide bonds. The topological polar surface area (TPSA) is 60.0 Å². The number of methoxy groups -OCH3 is 2. The van der Waals surface area contributed by atoms with E-state index in [1.54, 1.807) is 14.2 Å². The third-order valence-corrected chi connectivity index (χ3v) is 5.69. The van der Waals surface area contributed by atoms with Crippen molar-refractivity contribution >= 4 is 18.3 Å². The van der Waals surface area contributed by atoms with Gasteiger partial charge in [-0.25, -0.2) is 0 Å². The van der Waals surface area contributed by atoms with Crippen molar-refractivity contribution in [2.75, 3.05) is 34.4 Å². The summed E-state index contributed by atoms with van der Waals surface area (Å²) in [5, 5.41) is 3.64. The molecule has 1 aromatic carbocycles. The van der Waals surface area contributed by atoms with Crippen molar-refractivity contribution in [3.05, 3.63) is 18.2 Å². The molecule has 2 heterocycles. The average Bonchev–Trinajstić information content (AvgIpc) is 3.02. The average molecular weight is 413 g/mol. The Morgan fingerprint density at radius 1 is 1.07 bits per heavy atom. The first kappa shape index (κ1) is 22.6. The summed E-state index contributed by atoms with van der Waals surface area (Å²) in [5.74, 6) is 2.91. The lowest BCUT2D eigenvalue weighted by atomic mass is 9.89. The van der Waals surface area contributed by atoms with Crippen LogP contribution in [0.15, 0.2) is 18.2 Å². The van der Waals surface area contributed by atoms with Crippen LogP contribution in [0.25, 0.3) is 0 Å². The Kier molecular flexibility index (Phi) is 8.70. The van der Waals surface area contributed by atoms with Crippen molar-refractivity contribution in [3.63, 3.8) is 0 Å². The van der Waals surface area contributed by atoms with Crippen LogP contribution in [-0.2, 0) is 4.79 Å². The lowest BCUT2D eigenvalue weighted by Gasteiger charge is -2.30. The van der Waals surface area contributed by atoms with Gasteiger partial charge in [-0.05, 0) is 38.0 Å². The second kappa shape index (κ2) is 10.8. The maximum Gasteiger partial charge on any atom is 0.222 e. The van der Waals surface area contributed by atoms with E-state index in [2.05, 4.69) is 5.32 Å². The van der Waals surface area contributed by atoms with E-state index in [-0.39, 0.29) is 18.3 Å². The third kappa shape index (κ3) is 6.17. The van der Waals surface area contributed by atoms with E-state index in [4.69, 9.17) is 14.2 Å². The number of hydrogen-bond acceptors (Lipinski definition) is 5. The number of halogens is 1. The quantitative estimate of drug-likeness (QED) is 0.631. The molecule has 2 aliphatic rings. The minimum absolute atomic E-state index is 0. The first-order chi connectivity index (χ1) is 13.1. The molecular weight excluding hydrogens is 380 g/mol. The molecule has 2 unspecified atom stereocenters. The SMILES string of the molecule is COc1cc(OC)cc(OCCCN(C)C(=O)CC2CC3CCC(C2)N3)c1.Cl. The minimum Gasteiger partial charge on any atom is -0.496 e. The molecule has 28 heavy (non-hydrogen) atoms. The molecule has 0 radical (unpaired) electrons. The Balaban J connectivity index is 0.00000280. The molecular formula is C21H33ClN2O4. The van der Waals surface area contributed by atoms with Crippen molar-refractivity contribution in [1.82, 2.24) is 10.2 Å². The Morgan fingerprint density at radius 2 is 1.64 bits per heavy atom. The van der Waals surface area contributed by atoms with Gasteiger partial charge in [0, 0.05) is 50.3 Å². The molecule has 7 heteroatoms. The minimum atomic E-state index is 0. The molecule has 2 bridgehead atoms. The zero-order chi connectivity index (χ0) is 19.2. The highest BCUT2D eigenvalue weighted by Crippen LogP contribution is 2.33. The molecule has 0 saturated carbocycles. The van der Waals surface area contributed by atoms with Crippen LogP contribution in [0.2, 0.25) is 0 Å². The van der Waals surface area contributed by atoms with E-state index < -0.39 is 0 Å². The largest absolute Gasteiger partial charge is 0.496 e. The lowest BCUT2D eigenvalue weighted by Crippen LogP contribution is -2.40. The first-order valence-electron chi connectivity index (χ1n) is 9.93. The lowest BCUT2D eigenvalue weighted by molar-refractivity contribution is -0.131. The molecule has 1 N–H and O–H groups in total. The smallest absolute Gasteiger partial charge is 0.222 e. The van der Waals surface area contributed by atoms with Crippen molar-refractivity contribution in [2.24, 2.45) is 5.92 Å². The Bertz CT molecular complexity index is 609. The van der Waals surface area contributed by atoms with E-state index in [1.807, 2.05) is 30.1 Å². The Morgan fingerprint density at radius 3 is 2.21 bits per heavy atom. The first-order valence-corrected chi connectivity index (χ1v) is 9.93. The Labute approximate surface area is 174 Å². The molecule has 3 rings (SSSR count). The van der Waals surface area contributed by atoms with Gasteiger partial charge in [0.05, 0.1) is 20.8 Å². The van der Waals surface area contributed by atoms with Gasteiger partial charge in [-0.15, -0.1) is 12.4 Å². The van der Waals surface area contributed by atoms with Gasteiger partial charge in [-0.2, -0.15) is 0 Å². The van der Waals surface area contributed by atoms with Crippen LogP contribution in [0.5, 0.6) is 17.2 Å². The van der Waals surface area contributed by atoms with Gasteiger partial charge in [-0.1, -0.05) is 0 Å². The van der Waals surface area contributed by atoms with Crippen LogP contribution in [0.1, 0.15) is 38.5 Å². The van der Waals surface area contributed by atoms with Crippen molar-refractivity contribution in [3.8, 4) is 17.2 Å². The standard InChI is InChI=1S/C21H32N2O4.ClH/c1-23(21(24)11-15-9-16-5-6-17(10-15)22-16)7-4-8-27-20-13-18(25-2)12-19(14-20)26-3;/h12-17,22H,4-11H2,1-3H3;1H. The maximum atomic E-state index is 12.5. The maximum absolute atomic E-state index is 12.5. The van der Waals surface area contributed by atoms with E-state index in [0.29, 0.717) is 54.8 Å². The number of rotatable bonds is 9. The summed E-state index contributed by atoms with van der Waals surface area (Å²) in [5.41, 5.74) is 0. The highest BCUT2D eigenvalue weighted by atomic mass is 35.5. The number of hydrogen-bond donors (Lipinski definition) is 1. The van der Waals surface area contributed by atoms with Crippen LogP contribution >= 0.6 is 12.4 Å². The number of ether oxygens (including phenoxy) is 3. The summed E-state index contributed by atoms with van der Waals surface area (Å²) in [7, 11) is 5.13. The zero-order valence-electron chi connectivity index (χ0n) is 17.1. The third-order valence-electron chi connectivity index (χ3n) is 5.69. The predicted octanol–water partition coefficient (Wildman–Crippen LogP) is 3.27. The molecule has 0 aromatic heterocycles. The number of fused-ring (bicyclic) bond motifs is 2.